The van der Waals surface area contributed by atoms with Crippen LogP contribution >= 0.6 is 0 Å². The van der Waals surface area contributed by atoms with Crippen LogP contribution in [0.5, 0.6) is 5.75 Å². The average molecular weight is 193 g/mol. The van der Waals surface area contributed by atoms with Crippen molar-refractivity contribution in [3.05, 3.63) is 29.8 Å². The minimum absolute atomic E-state index is 0.281. The molecule has 0 aliphatic rings. The fraction of sp³-hybridized carbons (Fsp3) is 0.500. The van der Waals surface area contributed by atoms with Crippen molar-refractivity contribution in [3.8, 4) is 5.75 Å². The summed E-state index contributed by atoms with van der Waals surface area (Å²) >= 11 is 0. The molecule has 0 amide bonds. The minimum Gasteiger partial charge on any atom is -0.491 e. The van der Waals surface area contributed by atoms with E-state index in [9.17, 15) is 0 Å². The molecule has 14 heavy (non-hydrogen) atoms. The van der Waals surface area contributed by atoms with Gasteiger partial charge in [0.1, 0.15) is 5.75 Å². The Hall–Kier alpha value is -1.02. The van der Waals surface area contributed by atoms with Gasteiger partial charge in [0.15, 0.2) is 0 Å². The van der Waals surface area contributed by atoms with Crippen molar-refractivity contribution in [2.75, 3.05) is 6.54 Å². The molecular weight excluding hydrogens is 174 g/mol. The Bertz CT molecular complexity index is 273. The van der Waals surface area contributed by atoms with E-state index >= 15 is 0 Å². The van der Waals surface area contributed by atoms with Gasteiger partial charge in [0, 0.05) is 0 Å². The lowest BCUT2D eigenvalue weighted by Gasteiger charge is -2.13. The van der Waals surface area contributed by atoms with Crippen LogP contribution in [0.4, 0.5) is 0 Å². The first-order valence-electron chi connectivity index (χ1n) is 5.22. The standard InChI is InChI=1S/C12H19NO/c1-3-10(2)14-12-6-4-5-11(9-12)7-8-13/h4-6,9-10H,3,7-8,13H2,1-2H3/t10-/m0/s1. The molecule has 0 saturated heterocycles. The number of ether oxygens (including phenoxy) is 1. The molecular formula is C12H19NO. The summed E-state index contributed by atoms with van der Waals surface area (Å²) in [5.41, 5.74) is 6.74. The highest BCUT2D eigenvalue weighted by Crippen LogP contribution is 2.15. The van der Waals surface area contributed by atoms with Gasteiger partial charge in [-0.15, -0.1) is 0 Å². The van der Waals surface area contributed by atoms with Crippen molar-refractivity contribution in [1.82, 2.24) is 0 Å². The van der Waals surface area contributed by atoms with Gasteiger partial charge in [0.2, 0.25) is 0 Å². The molecule has 0 bridgehead atoms. The summed E-state index contributed by atoms with van der Waals surface area (Å²) in [6, 6.07) is 8.16. The van der Waals surface area contributed by atoms with E-state index in [1.54, 1.807) is 0 Å². The van der Waals surface area contributed by atoms with Crippen molar-refractivity contribution in [3.63, 3.8) is 0 Å². The lowest BCUT2D eigenvalue weighted by atomic mass is 10.1. The van der Waals surface area contributed by atoms with Gasteiger partial charge in [0.05, 0.1) is 6.10 Å². The monoisotopic (exact) mass is 193 g/mol. The lowest BCUT2D eigenvalue weighted by molar-refractivity contribution is 0.217. The van der Waals surface area contributed by atoms with E-state index in [4.69, 9.17) is 10.5 Å². The SMILES string of the molecule is CC[C@H](C)Oc1cccc(CCN)c1. The third-order valence-electron chi connectivity index (χ3n) is 2.24. The van der Waals surface area contributed by atoms with Crippen LogP contribution in [-0.2, 0) is 6.42 Å². The highest BCUT2D eigenvalue weighted by molar-refractivity contribution is 5.28. The molecule has 0 radical (unpaired) electrons. The lowest BCUT2D eigenvalue weighted by Crippen LogP contribution is -2.10. The number of benzene rings is 1. The van der Waals surface area contributed by atoms with E-state index in [-0.39, 0.29) is 6.10 Å². The van der Waals surface area contributed by atoms with Crippen molar-refractivity contribution in [1.29, 1.82) is 0 Å². The predicted octanol–water partition coefficient (Wildman–Crippen LogP) is 2.37. The molecule has 78 valence electrons. The van der Waals surface area contributed by atoms with Crippen molar-refractivity contribution in [2.45, 2.75) is 32.8 Å². The van der Waals surface area contributed by atoms with Gasteiger partial charge < -0.3 is 10.5 Å². The number of hydrogen-bond donors (Lipinski definition) is 1. The zero-order valence-electron chi connectivity index (χ0n) is 8.99. The number of nitrogens with two attached hydrogens (primary N) is 1. The van der Waals surface area contributed by atoms with E-state index in [1.165, 1.54) is 5.56 Å². The van der Waals surface area contributed by atoms with Crippen LogP contribution in [-0.4, -0.2) is 12.6 Å². The van der Waals surface area contributed by atoms with E-state index in [0.717, 1.165) is 18.6 Å². The van der Waals surface area contributed by atoms with E-state index in [1.807, 2.05) is 12.1 Å². The maximum atomic E-state index is 5.71. The van der Waals surface area contributed by atoms with E-state index in [0.29, 0.717) is 6.54 Å². The Morgan fingerprint density at radius 2 is 2.21 bits per heavy atom. The fourth-order valence-electron chi connectivity index (χ4n) is 1.26. The first kappa shape index (κ1) is 11.1. The first-order valence-corrected chi connectivity index (χ1v) is 5.22. The molecule has 0 spiro atoms. The molecule has 1 atom stereocenters. The van der Waals surface area contributed by atoms with Gasteiger partial charge in [-0.05, 0) is 44.0 Å². The summed E-state index contributed by atoms with van der Waals surface area (Å²) in [5.74, 6) is 0.949. The van der Waals surface area contributed by atoms with Crippen molar-refractivity contribution >= 4 is 0 Å². The normalized spacial score (nSPS) is 12.5. The van der Waals surface area contributed by atoms with Crippen LogP contribution in [0.3, 0.4) is 0 Å². The van der Waals surface area contributed by atoms with Crippen LogP contribution in [0.2, 0.25) is 0 Å². The van der Waals surface area contributed by atoms with Crippen molar-refractivity contribution in [2.24, 2.45) is 5.73 Å². The third-order valence-corrected chi connectivity index (χ3v) is 2.24. The molecule has 1 rings (SSSR count). The molecule has 1 aromatic rings. The Balaban J connectivity index is 2.63. The second-order valence-electron chi connectivity index (χ2n) is 3.52. The minimum atomic E-state index is 0.281. The Kier molecular flexibility index (Phi) is 4.47. The molecule has 2 heteroatoms. The zero-order chi connectivity index (χ0) is 10.4. The molecule has 0 aromatic heterocycles. The largest absolute Gasteiger partial charge is 0.491 e. The predicted molar refractivity (Wildman–Crippen MR) is 59.6 cm³/mol. The zero-order valence-corrected chi connectivity index (χ0v) is 8.99. The number of hydrogen-bond acceptors (Lipinski definition) is 2. The van der Waals surface area contributed by atoms with Crippen LogP contribution in [0.15, 0.2) is 24.3 Å². The summed E-state index contributed by atoms with van der Waals surface area (Å²) in [4.78, 5) is 0. The van der Waals surface area contributed by atoms with Crippen LogP contribution < -0.4 is 10.5 Å². The molecule has 2 nitrogen and oxygen atoms in total. The molecule has 0 fully saturated rings. The third kappa shape index (κ3) is 3.38. The van der Waals surface area contributed by atoms with Gasteiger partial charge in [-0.25, -0.2) is 0 Å². The van der Waals surface area contributed by atoms with E-state index in [2.05, 4.69) is 26.0 Å². The summed E-state index contributed by atoms with van der Waals surface area (Å²) in [5, 5.41) is 0. The van der Waals surface area contributed by atoms with Gasteiger partial charge in [-0.3, -0.25) is 0 Å². The first-order chi connectivity index (χ1) is 6.76. The molecule has 0 aliphatic carbocycles. The molecule has 1 aromatic carbocycles. The summed E-state index contributed by atoms with van der Waals surface area (Å²) < 4.78 is 5.71. The fourth-order valence-corrected chi connectivity index (χ4v) is 1.26. The summed E-state index contributed by atoms with van der Waals surface area (Å²) in [7, 11) is 0. The second-order valence-corrected chi connectivity index (χ2v) is 3.52. The molecule has 0 unspecified atom stereocenters. The Morgan fingerprint density at radius 3 is 2.86 bits per heavy atom. The molecule has 0 aliphatic heterocycles. The van der Waals surface area contributed by atoms with Crippen molar-refractivity contribution < 1.29 is 4.74 Å². The molecule has 2 N–H and O–H groups in total. The second kappa shape index (κ2) is 5.66. The molecule has 0 heterocycles. The van der Waals surface area contributed by atoms with Gasteiger partial charge in [-0.2, -0.15) is 0 Å². The van der Waals surface area contributed by atoms with Gasteiger partial charge in [-0.1, -0.05) is 19.1 Å². The smallest absolute Gasteiger partial charge is 0.119 e. The maximum absolute atomic E-state index is 5.71. The van der Waals surface area contributed by atoms with Crippen LogP contribution in [0.1, 0.15) is 25.8 Å². The van der Waals surface area contributed by atoms with E-state index < -0.39 is 0 Å². The summed E-state index contributed by atoms with van der Waals surface area (Å²) in [6.07, 6.45) is 2.22. The van der Waals surface area contributed by atoms with Crippen LogP contribution in [0, 0.1) is 0 Å². The summed E-state index contributed by atoms with van der Waals surface area (Å²) in [6.45, 7) is 4.89. The maximum Gasteiger partial charge on any atom is 0.119 e. The quantitative estimate of drug-likeness (QED) is 0.779. The Labute approximate surface area is 86.1 Å². The average Bonchev–Trinajstić information content (AvgIpc) is 2.19. The Morgan fingerprint density at radius 1 is 1.43 bits per heavy atom. The highest BCUT2D eigenvalue weighted by Gasteiger charge is 2.01. The van der Waals surface area contributed by atoms with Gasteiger partial charge >= 0.3 is 0 Å². The highest BCUT2D eigenvalue weighted by atomic mass is 16.5. The topological polar surface area (TPSA) is 35.2 Å². The van der Waals surface area contributed by atoms with Gasteiger partial charge in [0.25, 0.3) is 0 Å². The number of rotatable bonds is 5. The molecule has 0 saturated carbocycles. The van der Waals surface area contributed by atoms with Crippen LogP contribution in [0.25, 0.3) is 0 Å².